The maximum absolute atomic E-state index is 13.2. The van der Waals surface area contributed by atoms with Gasteiger partial charge in [0.2, 0.25) is 0 Å². The van der Waals surface area contributed by atoms with Gasteiger partial charge in [-0.3, -0.25) is 4.79 Å². The molecule has 1 atom stereocenters. The molecule has 0 amide bonds. The number of carbonyl (C=O) groups excluding carboxylic acids is 1. The first-order valence-corrected chi connectivity index (χ1v) is 10.8. The quantitative estimate of drug-likeness (QED) is 0.600. The zero-order valence-corrected chi connectivity index (χ0v) is 17.3. The molecule has 160 valence electrons. The Morgan fingerprint density at radius 3 is 2.61 bits per heavy atom. The number of ketones is 1. The Morgan fingerprint density at radius 1 is 1.00 bits per heavy atom. The number of morpholine rings is 1. The van der Waals surface area contributed by atoms with Gasteiger partial charge in [0.05, 0.1) is 18.7 Å². The van der Waals surface area contributed by atoms with Crippen molar-refractivity contribution in [1.29, 1.82) is 0 Å². The summed E-state index contributed by atoms with van der Waals surface area (Å²) in [4.78, 5) is 26.5. The molecule has 2 aromatic carbocycles. The number of fused-ring (bicyclic) bond motifs is 1. The minimum atomic E-state index is -0.328. The summed E-state index contributed by atoms with van der Waals surface area (Å²) in [5, 5.41) is 0.995. The zero-order valence-electron chi connectivity index (χ0n) is 17.3. The van der Waals surface area contributed by atoms with Crippen LogP contribution in [-0.4, -0.2) is 55.1 Å². The highest BCUT2D eigenvalue weighted by molar-refractivity contribution is 5.98. The second-order valence-corrected chi connectivity index (χ2v) is 8.15. The number of aromatic nitrogens is 2. The Bertz CT molecular complexity index is 1080. The van der Waals surface area contributed by atoms with Crippen LogP contribution in [0.1, 0.15) is 23.2 Å². The third kappa shape index (κ3) is 4.10. The second-order valence-electron chi connectivity index (χ2n) is 8.15. The molecule has 31 heavy (non-hydrogen) atoms. The van der Waals surface area contributed by atoms with Crippen LogP contribution in [0.5, 0.6) is 0 Å². The minimum Gasteiger partial charge on any atom is -0.378 e. The van der Waals surface area contributed by atoms with Gasteiger partial charge in [0.25, 0.3) is 0 Å². The highest BCUT2D eigenvalue weighted by Gasteiger charge is 2.28. The van der Waals surface area contributed by atoms with Gasteiger partial charge in [-0.05, 0) is 55.3 Å². The van der Waals surface area contributed by atoms with E-state index in [9.17, 15) is 9.18 Å². The first kappa shape index (κ1) is 19.9. The summed E-state index contributed by atoms with van der Waals surface area (Å²) in [6, 6.07) is 12.1. The SMILES string of the molecule is O=C(c1ccc(F)cc1)C1CCCN(c2ncnc3cc(N4CCOCC4)ccc23)C1. The number of ether oxygens (including phenoxy) is 1. The topological polar surface area (TPSA) is 58.6 Å². The van der Waals surface area contributed by atoms with E-state index >= 15 is 0 Å². The summed E-state index contributed by atoms with van der Waals surface area (Å²) < 4.78 is 18.7. The number of hydrogen-bond acceptors (Lipinski definition) is 6. The Morgan fingerprint density at radius 2 is 1.81 bits per heavy atom. The van der Waals surface area contributed by atoms with E-state index in [0.29, 0.717) is 12.1 Å². The van der Waals surface area contributed by atoms with Crippen molar-refractivity contribution in [3.8, 4) is 0 Å². The summed E-state index contributed by atoms with van der Waals surface area (Å²) in [5.74, 6) is 0.482. The lowest BCUT2D eigenvalue weighted by Crippen LogP contribution is -2.39. The van der Waals surface area contributed by atoms with E-state index in [0.717, 1.165) is 68.1 Å². The minimum absolute atomic E-state index is 0.0673. The average molecular weight is 420 g/mol. The van der Waals surface area contributed by atoms with Crippen molar-refractivity contribution in [2.45, 2.75) is 12.8 Å². The lowest BCUT2D eigenvalue weighted by atomic mass is 9.90. The Balaban J connectivity index is 1.39. The van der Waals surface area contributed by atoms with Crippen molar-refractivity contribution in [1.82, 2.24) is 9.97 Å². The molecular formula is C24H25FN4O2. The summed E-state index contributed by atoms with van der Waals surface area (Å²) in [7, 11) is 0. The predicted octanol–water partition coefficient (Wildman–Crippen LogP) is 3.70. The second kappa shape index (κ2) is 8.59. The molecule has 7 heteroatoms. The van der Waals surface area contributed by atoms with Crippen LogP contribution in [0.2, 0.25) is 0 Å². The third-order valence-electron chi connectivity index (χ3n) is 6.20. The van der Waals surface area contributed by atoms with Crippen molar-refractivity contribution in [3.05, 3.63) is 60.2 Å². The van der Waals surface area contributed by atoms with Crippen molar-refractivity contribution in [3.63, 3.8) is 0 Å². The fourth-order valence-corrected chi connectivity index (χ4v) is 4.53. The summed E-state index contributed by atoms with van der Waals surface area (Å²) in [6.45, 7) is 4.69. The van der Waals surface area contributed by atoms with Gasteiger partial charge in [-0.15, -0.1) is 0 Å². The third-order valence-corrected chi connectivity index (χ3v) is 6.20. The molecule has 2 aliphatic heterocycles. The van der Waals surface area contributed by atoms with E-state index in [4.69, 9.17) is 4.74 Å². The molecule has 1 unspecified atom stereocenters. The number of nitrogens with zero attached hydrogens (tertiary/aromatic N) is 4. The average Bonchev–Trinajstić information content (AvgIpc) is 2.84. The molecule has 2 fully saturated rings. The molecule has 0 N–H and O–H groups in total. The number of halogens is 1. The van der Waals surface area contributed by atoms with Gasteiger partial charge >= 0.3 is 0 Å². The van der Waals surface area contributed by atoms with E-state index in [1.54, 1.807) is 18.5 Å². The van der Waals surface area contributed by atoms with E-state index < -0.39 is 0 Å². The monoisotopic (exact) mass is 420 g/mol. The molecule has 5 rings (SSSR count). The number of benzene rings is 2. The molecule has 1 aromatic heterocycles. The lowest BCUT2D eigenvalue weighted by Gasteiger charge is -2.33. The standard InChI is InChI=1S/C24H25FN4O2/c25-19-5-3-17(4-6-19)23(30)18-2-1-9-29(15-18)24-21-8-7-20(14-22(21)26-16-27-24)28-10-12-31-13-11-28/h3-8,14,16,18H,1-2,9-13,15H2. The molecular weight excluding hydrogens is 395 g/mol. The van der Waals surface area contributed by atoms with Gasteiger partial charge in [0, 0.05) is 48.7 Å². The van der Waals surface area contributed by atoms with Gasteiger partial charge < -0.3 is 14.5 Å². The van der Waals surface area contributed by atoms with Crippen LogP contribution in [-0.2, 0) is 4.74 Å². The van der Waals surface area contributed by atoms with Crippen LogP contribution < -0.4 is 9.80 Å². The maximum atomic E-state index is 13.2. The van der Waals surface area contributed by atoms with Crippen molar-refractivity contribution in [2.75, 3.05) is 49.2 Å². The normalized spacial score (nSPS) is 19.6. The fraction of sp³-hybridized carbons (Fsp3) is 0.375. The maximum Gasteiger partial charge on any atom is 0.167 e. The van der Waals surface area contributed by atoms with Crippen molar-refractivity contribution >= 4 is 28.2 Å². The van der Waals surface area contributed by atoms with Crippen molar-refractivity contribution < 1.29 is 13.9 Å². The summed E-state index contributed by atoms with van der Waals surface area (Å²) >= 11 is 0. The molecule has 2 aliphatic rings. The van der Waals surface area contributed by atoms with Crippen LogP contribution in [0, 0.1) is 11.7 Å². The lowest BCUT2D eigenvalue weighted by molar-refractivity contribution is 0.0907. The van der Waals surface area contributed by atoms with Crippen LogP contribution in [0.4, 0.5) is 15.9 Å². The molecule has 3 aromatic rings. The Kier molecular flexibility index (Phi) is 5.51. The smallest absolute Gasteiger partial charge is 0.167 e. The Hall–Kier alpha value is -3.06. The van der Waals surface area contributed by atoms with Crippen LogP contribution >= 0.6 is 0 Å². The summed E-state index contributed by atoms with van der Waals surface area (Å²) in [5.41, 5.74) is 2.61. The highest BCUT2D eigenvalue weighted by atomic mass is 19.1. The van der Waals surface area contributed by atoms with E-state index in [1.807, 2.05) is 0 Å². The molecule has 0 radical (unpaired) electrons. The molecule has 0 saturated carbocycles. The van der Waals surface area contributed by atoms with Gasteiger partial charge in [0.1, 0.15) is 18.0 Å². The van der Waals surface area contributed by atoms with E-state index in [1.165, 1.54) is 12.1 Å². The highest BCUT2D eigenvalue weighted by Crippen LogP contribution is 2.31. The molecule has 3 heterocycles. The number of piperidine rings is 1. The van der Waals surface area contributed by atoms with Gasteiger partial charge in [-0.25, -0.2) is 14.4 Å². The molecule has 6 nitrogen and oxygen atoms in total. The number of rotatable bonds is 4. The molecule has 0 spiro atoms. The van der Waals surface area contributed by atoms with Crippen LogP contribution in [0.15, 0.2) is 48.8 Å². The number of anilines is 2. The zero-order chi connectivity index (χ0) is 21.2. The summed E-state index contributed by atoms with van der Waals surface area (Å²) in [6.07, 6.45) is 3.35. The van der Waals surface area contributed by atoms with Crippen molar-refractivity contribution in [2.24, 2.45) is 5.92 Å². The number of carbonyl (C=O) groups is 1. The van der Waals surface area contributed by atoms with E-state index in [2.05, 4.69) is 38.0 Å². The largest absolute Gasteiger partial charge is 0.378 e. The predicted molar refractivity (Wildman–Crippen MR) is 118 cm³/mol. The van der Waals surface area contributed by atoms with Crippen LogP contribution in [0.25, 0.3) is 10.9 Å². The molecule has 2 saturated heterocycles. The fourth-order valence-electron chi connectivity index (χ4n) is 4.53. The van der Waals surface area contributed by atoms with Gasteiger partial charge in [-0.2, -0.15) is 0 Å². The first-order valence-electron chi connectivity index (χ1n) is 10.8. The van der Waals surface area contributed by atoms with Gasteiger partial charge in [-0.1, -0.05) is 0 Å². The van der Waals surface area contributed by atoms with Crippen LogP contribution in [0.3, 0.4) is 0 Å². The van der Waals surface area contributed by atoms with Gasteiger partial charge in [0.15, 0.2) is 5.78 Å². The first-order chi connectivity index (χ1) is 15.2. The molecule has 0 aliphatic carbocycles. The Labute approximate surface area is 180 Å². The molecule has 0 bridgehead atoms. The number of Topliss-reactive ketones (excluding diaryl/α,β-unsaturated/α-hetero) is 1. The number of hydrogen-bond donors (Lipinski definition) is 0. The van der Waals surface area contributed by atoms with E-state index in [-0.39, 0.29) is 17.5 Å².